The van der Waals surface area contributed by atoms with E-state index in [2.05, 4.69) is 28.1 Å². The van der Waals surface area contributed by atoms with E-state index in [0.717, 1.165) is 4.47 Å². The molecule has 0 saturated heterocycles. The number of rotatable bonds is 0. The van der Waals surface area contributed by atoms with Crippen molar-refractivity contribution in [2.75, 3.05) is 0 Å². The second-order valence-electron chi connectivity index (χ2n) is 1.20. The van der Waals surface area contributed by atoms with Crippen molar-refractivity contribution in [3.63, 3.8) is 0 Å². The highest BCUT2D eigenvalue weighted by Gasteiger charge is 1.84. The first-order chi connectivity index (χ1) is 3.29. The SMILES string of the molecule is [CH2]n1cc(Br)cn1. The third-order valence-corrected chi connectivity index (χ3v) is 1.01. The molecule has 1 aromatic heterocycles. The van der Waals surface area contributed by atoms with E-state index in [4.69, 9.17) is 0 Å². The van der Waals surface area contributed by atoms with Crippen LogP contribution in [0.1, 0.15) is 0 Å². The van der Waals surface area contributed by atoms with Crippen LogP contribution in [-0.4, -0.2) is 9.78 Å². The maximum atomic E-state index is 3.77. The molecule has 37 valence electrons. The van der Waals surface area contributed by atoms with Gasteiger partial charge >= 0.3 is 0 Å². The Morgan fingerprint density at radius 1 is 1.86 bits per heavy atom. The highest BCUT2D eigenvalue weighted by atomic mass is 79.9. The van der Waals surface area contributed by atoms with Crippen molar-refractivity contribution in [2.45, 2.75) is 0 Å². The molecule has 0 aromatic carbocycles. The van der Waals surface area contributed by atoms with E-state index in [0.29, 0.717) is 0 Å². The molecule has 0 aliphatic heterocycles. The van der Waals surface area contributed by atoms with Gasteiger partial charge in [-0.15, -0.1) is 0 Å². The minimum absolute atomic E-state index is 0.961. The van der Waals surface area contributed by atoms with Gasteiger partial charge in [0.1, 0.15) is 0 Å². The highest BCUT2D eigenvalue weighted by molar-refractivity contribution is 9.10. The molecule has 0 bridgehead atoms. The van der Waals surface area contributed by atoms with E-state index >= 15 is 0 Å². The van der Waals surface area contributed by atoms with E-state index in [9.17, 15) is 0 Å². The predicted octanol–water partition coefficient (Wildman–Crippen LogP) is 1.29. The Morgan fingerprint density at radius 3 is 2.71 bits per heavy atom. The van der Waals surface area contributed by atoms with Crippen LogP contribution in [0, 0.1) is 7.05 Å². The highest BCUT2D eigenvalue weighted by Crippen LogP contribution is 2.04. The zero-order valence-corrected chi connectivity index (χ0v) is 5.22. The first kappa shape index (κ1) is 4.84. The summed E-state index contributed by atoms with van der Waals surface area (Å²) in [6.45, 7) is 0. The van der Waals surface area contributed by atoms with Crippen molar-refractivity contribution in [1.29, 1.82) is 0 Å². The van der Waals surface area contributed by atoms with E-state index in [1.54, 1.807) is 12.4 Å². The van der Waals surface area contributed by atoms with Crippen LogP contribution >= 0.6 is 15.9 Å². The first-order valence-electron chi connectivity index (χ1n) is 1.80. The van der Waals surface area contributed by atoms with Crippen molar-refractivity contribution < 1.29 is 0 Å². The molecule has 0 atom stereocenters. The molecular weight excluding hydrogens is 156 g/mol. The summed E-state index contributed by atoms with van der Waals surface area (Å²) >= 11 is 3.21. The van der Waals surface area contributed by atoms with E-state index in [1.807, 2.05) is 0 Å². The molecule has 1 aromatic rings. The molecule has 1 radical (unpaired) electrons. The maximum Gasteiger partial charge on any atom is 0.0632 e. The van der Waals surface area contributed by atoms with Crippen molar-refractivity contribution in [3.05, 3.63) is 23.9 Å². The summed E-state index contributed by atoms with van der Waals surface area (Å²) in [7, 11) is 3.52. The van der Waals surface area contributed by atoms with Gasteiger partial charge in [-0.25, -0.2) is 0 Å². The van der Waals surface area contributed by atoms with Crippen LogP contribution < -0.4 is 0 Å². The van der Waals surface area contributed by atoms with Gasteiger partial charge in [0.05, 0.1) is 17.7 Å². The number of nitrogens with zero attached hydrogens (tertiary/aromatic N) is 2. The van der Waals surface area contributed by atoms with Gasteiger partial charge in [0.15, 0.2) is 0 Å². The van der Waals surface area contributed by atoms with Gasteiger partial charge in [-0.1, -0.05) is 0 Å². The molecule has 7 heavy (non-hydrogen) atoms. The molecule has 0 spiro atoms. The zero-order valence-electron chi connectivity index (χ0n) is 3.63. The second kappa shape index (κ2) is 1.66. The van der Waals surface area contributed by atoms with Gasteiger partial charge in [0.25, 0.3) is 0 Å². The fourth-order valence-electron chi connectivity index (χ4n) is 0.338. The molecular formula is C4H4BrN2. The van der Waals surface area contributed by atoms with Crippen molar-refractivity contribution in [2.24, 2.45) is 0 Å². The smallest absolute Gasteiger partial charge is 0.0632 e. The third-order valence-electron chi connectivity index (χ3n) is 0.602. The normalized spacial score (nSPS) is 9.43. The van der Waals surface area contributed by atoms with E-state index < -0.39 is 0 Å². The van der Waals surface area contributed by atoms with Crippen LogP contribution in [0.2, 0.25) is 0 Å². The van der Waals surface area contributed by atoms with E-state index in [1.165, 1.54) is 4.68 Å². The zero-order chi connectivity index (χ0) is 5.28. The number of halogens is 1. The Hall–Kier alpha value is -0.310. The molecule has 0 aliphatic rings. The van der Waals surface area contributed by atoms with Gasteiger partial charge in [-0.05, 0) is 15.9 Å². The van der Waals surface area contributed by atoms with Gasteiger partial charge in [0.2, 0.25) is 0 Å². The lowest BCUT2D eigenvalue weighted by Crippen LogP contribution is -1.80. The van der Waals surface area contributed by atoms with Crippen LogP contribution in [0.5, 0.6) is 0 Å². The van der Waals surface area contributed by atoms with Gasteiger partial charge < -0.3 is 0 Å². The third kappa shape index (κ3) is 1.03. The van der Waals surface area contributed by atoms with E-state index in [-0.39, 0.29) is 0 Å². The fraction of sp³-hybridized carbons (Fsp3) is 0. The summed E-state index contributed by atoms with van der Waals surface area (Å²) < 4.78 is 2.45. The maximum absolute atomic E-state index is 3.77. The topological polar surface area (TPSA) is 17.8 Å². The molecule has 0 fully saturated rings. The van der Waals surface area contributed by atoms with Gasteiger partial charge in [0, 0.05) is 6.20 Å². The van der Waals surface area contributed by atoms with Crippen LogP contribution in [-0.2, 0) is 0 Å². The fourth-order valence-corrected chi connectivity index (χ4v) is 0.666. The van der Waals surface area contributed by atoms with Crippen molar-refractivity contribution in [3.8, 4) is 0 Å². The Labute approximate surface area is 50.3 Å². The molecule has 0 aliphatic carbocycles. The minimum Gasteiger partial charge on any atom is -0.270 e. The standard InChI is InChI=1S/C4H4BrN2/c1-7-3-4(5)2-6-7/h2-3H,1H2. The number of hydrogen-bond acceptors (Lipinski definition) is 1. The van der Waals surface area contributed by atoms with Crippen LogP contribution in [0.15, 0.2) is 16.9 Å². The van der Waals surface area contributed by atoms with Crippen LogP contribution in [0.25, 0.3) is 0 Å². The van der Waals surface area contributed by atoms with Crippen molar-refractivity contribution >= 4 is 15.9 Å². The summed E-state index contributed by atoms with van der Waals surface area (Å²) in [6.07, 6.45) is 3.47. The lowest BCUT2D eigenvalue weighted by molar-refractivity contribution is 0.877. The number of hydrogen-bond donors (Lipinski definition) is 0. The summed E-state index contributed by atoms with van der Waals surface area (Å²) in [6, 6.07) is 0. The Bertz CT molecular complexity index is 142. The predicted molar refractivity (Wildman–Crippen MR) is 30.7 cm³/mol. The molecule has 0 unspecified atom stereocenters. The molecule has 0 saturated carbocycles. The average molecular weight is 160 g/mol. The molecule has 3 heteroatoms. The summed E-state index contributed by atoms with van der Waals surface area (Å²) in [5, 5.41) is 3.77. The molecule has 2 nitrogen and oxygen atoms in total. The van der Waals surface area contributed by atoms with Crippen LogP contribution in [0.4, 0.5) is 0 Å². The summed E-state index contributed by atoms with van der Waals surface area (Å²) in [5.74, 6) is 0. The molecule has 1 heterocycles. The first-order valence-corrected chi connectivity index (χ1v) is 2.59. The number of aromatic nitrogens is 2. The Morgan fingerprint density at radius 2 is 2.57 bits per heavy atom. The summed E-state index contributed by atoms with van der Waals surface area (Å²) in [5.41, 5.74) is 0. The van der Waals surface area contributed by atoms with Crippen molar-refractivity contribution in [1.82, 2.24) is 9.78 Å². The lowest BCUT2D eigenvalue weighted by Gasteiger charge is -1.77. The lowest BCUT2D eigenvalue weighted by atomic mass is 10.8. The molecule has 0 N–H and O–H groups in total. The minimum atomic E-state index is 0.961. The largest absolute Gasteiger partial charge is 0.270 e. The van der Waals surface area contributed by atoms with Crippen LogP contribution in [0.3, 0.4) is 0 Å². The summed E-state index contributed by atoms with van der Waals surface area (Å²) in [4.78, 5) is 0. The Balaban J connectivity index is 3.04. The second-order valence-corrected chi connectivity index (χ2v) is 2.11. The molecule has 0 amide bonds. The van der Waals surface area contributed by atoms with Gasteiger partial charge in [-0.3, -0.25) is 4.68 Å². The quantitative estimate of drug-likeness (QED) is 0.558. The monoisotopic (exact) mass is 159 g/mol. The average Bonchev–Trinajstić information content (AvgIpc) is 1.87. The van der Waals surface area contributed by atoms with Gasteiger partial charge in [-0.2, -0.15) is 5.10 Å². The Kier molecular flexibility index (Phi) is 1.15. The molecule has 1 rings (SSSR count).